The number of unbranched alkanes of at least 4 members (excludes halogenated alkanes) is 2. The molecule has 9 nitrogen and oxygen atoms in total. The summed E-state index contributed by atoms with van der Waals surface area (Å²) in [6.07, 6.45) is 6.36. The normalized spacial score (nSPS) is 11.6. The average Bonchev–Trinajstić information content (AvgIpc) is 2.72. The van der Waals surface area contributed by atoms with Crippen LogP contribution in [0.3, 0.4) is 0 Å². The third kappa shape index (κ3) is 23.4. The van der Waals surface area contributed by atoms with Crippen molar-refractivity contribution in [2.75, 3.05) is 65.9 Å². The van der Waals surface area contributed by atoms with Crippen LogP contribution in [0.1, 0.15) is 39.0 Å². The minimum absolute atomic E-state index is 0. The van der Waals surface area contributed by atoms with Gasteiger partial charge in [-0.05, 0) is 12.8 Å². The number of carbonyl (C=O) groups excluding carboxylic acids is 1. The predicted molar refractivity (Wildman–Crippen MR) is 115 cm³/mol. The predicted octanol–water partition coefficient (Wildman–Crippen LogP) is 1.36. The molecule has 0 bridgehead atoms. The van der Waals surface area contributed by atoms with Gasteiger partial charge < -0.3 is 37.0 Å². The van der Waals surface area contributed by atoms with Crippen LogP contribution in [0.25, 0.3) is 0 Å². The van der Waals surface area contributed by atoms with Crippen LogP contribution >= 0.6 is 0 Å². The quantitative estimate of drug-likeness (QED) is 0.0677. The minimum atomic E-state index is -0.0556. The second kappa shape index (κ2) is 26.2. The largest absolute Gasteiger partial charge is 0.386 e. The first-order valence-corrected chi connectivity index (χ1v) is 10.4. The second-order valence-electron chi connectivity index (χ2n) is 6.16. The van der Waals surface area contributed by atoms with Crippen LogP contribution in [-0.2, 0) is 44.8 Å². The zero-order valence-corrected chi connectivity index (χ0v) is 21.2. The van der Waals surface area contributed by atoms with Crippen molar-refractivity contribution in [1.29, 1.82) is 0 Å². The molecule has 0 aliphatic carbocycles. The van der Waals surface area contributed by atoms with Crippen molar-refractivity contribution in [1.82, 2.24) is 5.32 Å². The van der Waals surface area contributed by atoms with Gasteiger partial charge in [-0.3, -0.25) is 9.79 Å². The van der Waals surface area contributed by atoms with E-state index in [4.69, 9.17) is 24.8 Å². The van der Waals surface area contributed by atoms with Crippen LogP contribution in [0.5, 0.6) is 0 Å². The number of nitrogens with two attached hydrogens (primary N) is 1. The van der Waals surface area contributed by atoms with E-state index in [9.17, 15) is 4.79 Å². The Morgan fingerprint density at radius 2 is 1.50 bits per heavy atom. The molecule has 3 N–H and O–H groups in total. The van der Waals surface area contributed by atoms with Crippen LogP contribution in [0, 0.1) is 6.92 Å². The number of hydrogen-bond donors (Lipinski definition) is 2. The van der Waals surface area contributed by atoms with Gasteiger partial charge in [0, 0.05) is 33.7 Å². The summed E-state index contributed by atoms with van der Waals surface area (Å²) in [7, 11) is 0. The Hall–Kier alpha value is -0.862. The number of aliphatic imine (C=N–C) groups is 1. The molecular weight excluding hydrogens is 560 g/mol. The summed E-state index contributed by atoms with van der Waals surface area (Å²) in [5.74, 6) is 5.30. The minimum Gasteiger partial charge on any atom is -0.386 e. The van der Waals surface area contributed by atoms with Crippen LogP contribution in [0.2, 0.25) is 0 Å². The van der Waals surface area contributed by atoms with Crippen molar-refractivity contribution in [2.24, 2.45) is 15.9 Å². The summed E-state index contributed by atoms with van der Waals surface area (Å²) in [5.41, 5.74) is 0.826. The van der Waals surface area contributed by atoms with Crippen molar-refractivity contribution in [3.05, 3.63) is 6.92 Å². The molecule has 1 amide bonds. The molecule has 0 atom stereocenters. The summed E-state index contributed by atoms with van der Waals surface area (Å²) < 4.78 is 21.5. The molecule has 30 heavy (non-hydrogen) atoms. The molecule has 0 aliphatic rings. The number of rotatable bonds is 21. The first-order chi connectivity index (χ1) is 14.2. The molecule has 0 fully saturated rings. The Labute approximate surface area is 195 Å². The van der Waals surface area contributed by atoms with E-state index < -0.39 is 0 Å². The van der Waals surface area contributed by atoms with Crippen molar-refractivity contribution in [2.45, 2.75) is 39.0 Å². The Morgan fingerprint density at radius 3 is 2.03 bits per heavy atom. The molecule has 0 spiro atoms. The van der Waals surface area contributed by atoms with Gasteiger partial charge >= 0.3 is 0 Å². The van der Waals surface area contributed by atoms with Crippen molar-refractivity contribution in [3.63, 3.8) is 0 Å². The third-order valence-electron chi connectivity index (χ3n) is 3.72. The van der Waals surface area contributed by atoms with Gasteiger partial charge in [0.05, 0.1) is 65.1 Å². The first kappa shape index (κ1) is 31.3. The fraction of sp³-hybridized carbons (Fsp3) is 0.800. The van der Waals surface area contributed by atoms with Gasteiger partial charge in [-0.15, -0.1) is 6.54 Å². The summed E-state index contributed by atoms with van der Waals surface area (Å²) in [5, 5.41) is 6.35. The summed E-state index contributed by atoms with van der Waals surface area (Å²) >= 11 is 0. The van der Waals surface area contributed by atoms with E-state index in [1.807, 2.05) is 0 Å². The van der Waals surface area contributed by atoms with Gasteiger partial charge in [0.25, 0.3) is 0 Å². The summed E-state index contributed by atoms with van der Waals surface area (Å²) in [4.78, 5) is 15.4. The number of nitrogens with one attached hydrogen (secondary N) is 1. The average molecular weight is 599 g/mol. The molecule has 0 aromatic heterocycles. The topological polar surface area (TPSA) is 117 Å². The van der Waals surface area contributed by atoms with E-state index in [1.165, 1.54) is 12.8 Å². The monoisotopic (exact) mass is 599 g/mol. The van der Waals surface area contributed by atoms with E-state index in [0.29, 0.717) is 72.4 Å². The third-order valence-corrected chi connectivity index (χ3v) is 3.72. The molecule has 0 aromatic rings. The Bertz CT molecular complexity index is 439. The molecule has 0 radical (unpaired) electrons. The van der Waals surface area contributed by atoms with Gasteiger partial charge in [-0.1, -0.05) is 19.8 Å². The maximum atomic E-state index is 11.2. The SMILES string of the molecule is [CH2-]CNC(=O)CCOCCOCCOCCOCCN=C/C(CCCCC)=N\N.[W]. The van der Waals surface area contributed by atoms with E-state index >= 15 is 0 Å². The summed E-state index contributed by atoms with van der Waals surface area (Å²) in [6.45, 7) is 10.5. The Balaban J connectivity index is 0. The molecule has 0 aromatic carbocycles. The smallest absolute Gasteiger partial charge is 0.219 e. The molecule has 0 saturated carbocycles. The van der Waals surface area contributed by atoms with E-state index in [-0.39, 0.29) is 27.0 Å². The van der Waals surface area contributed by atoms with Crippen LogP contribution in [-0.4, -0.2) is 83.8 Å². The molecule has 0 unspecified atom stereocenters. The van der Waals surface area contributed by atoms with Crippen molar-refractivity contribution < 1.29 is 44.8 Å². The van der Waals surface area contributed by atoms with E-state index in [2.05, 4.69) is 29.3 Å². The molecule has 0 saturated heterocycles. The Morgan fingerprint density at radius 1 is 0.933 bits per heavy atom. The molecule has 10 heteroatoms. The molecule has 0 rings (SSSR count). The van der Waals surface area contributed by atoms with Gasteiger partial charge in [-0.25, -0.2) is 0 Å². The van der Waals surface area contributed by atoms with Crippen LogP contribution < -0.4 is 11.2 Å². The number of nitrogens with zero attached hydrogens (tertiary/aromatic N) is 2. The number of amides is 1. The molecular formula is C20H39N4O5W-. The van der Waals surface area contributed by atoms with Crippen LogP contribution in [0.15, 0.2) is 10.1 Å². The zero-order chi connectivity index (χ0) is 21.4. The van der Waals surface area contributed by atoms with Crippen LogP contribution in [0.4, 0.5) is 0 Å². The maximum absolute atomic E-state index is 11.2. The van der Waals surface area contributed by atoms with Gasteiger partial charge in [0.15, 0.2) is 0 Å². The van der Waals surface area contributed by atoms with E-state index in [1.54, 1.807) is 6.21 Å². The molecule has 0 aliphatic heterocycles. The zero-order valence-electron chi connectivity index (χ0n) is 18.3. The van der Waals surface area contributed by atoms with Crippen molar-refractivity contribution in [3.8, 4) is 0 Å². The fourth-order valence-electron chi connectivity index (χ4n) is 2.16. The van der Waals surface area contributed by atoms with Gasteiger partial charge in [-0.2, -0.15) is 5.10 Å². The standard InChI is InChI=1S/C20H39N4O5.W/c1-3-5-6-7-19(24-21)18-22-9-11-27-13-15-29-17-16-28-14-12-26-10-8-20(25)23-4-2;/h18H,2-17,21H2,1H3,(H,23,25);/q-1;/b22-18?,24-19-;. The number of hydrazone groups is 1. The van der Waals surface area contributed by atoms with Gasteiger partial charge in [0.1, 0.15) is 0 Å². The van der Waals surface area contributed by atoms with E-state index in [0.717, 1.165) is 18.6 Å². The second-order valence-corrected chi connectivity index (χ2v) is 6.16. The number of hydrogen-bond acceptors (Lipinski definition) is 8. The Kier molecular flexibility index (Phi) is 27.3. The maximum Gasteiger partial charge on any atom is 0.219 e. The van der Waals surface area contributed by atoms with Crippen molar-refractivity contribution >= 4 is 17.8 Å². The molecule has 176 valence electrons. The van der Waals surface area contributed by atoms with Gasteiger partial charge in [0.2, 0.25) is 5.91 Å². The first-order valence-electron chi connectivity index (χ1n) is 10.4. The number of carbonyl (C=O) groups is 1. The fourth-order valence-corrected chi connectivity index (χ4v) is 2.16. The number of ether oxygens (including phenoxy) is 4. The molecule has 0 heterocycles. The summed E-state index contributed by atoms with van der Waals surface area (Å²) in [6, 6.07) is 0.